The molecule has 12 heavy (non-hydrogen) atoms. The van der Waals surface area contributed by atoms with E-state index in [4.69, 9.17) is 9.84 Å². The summed E-state index contributed by atoms with van der Waals surface area (Å²) >= 11 is 0. The van der Waals surface area contributed by atoms with Crippen molar-refractivity contribution in [2.75, 3.05) is 19.9 Å². The quantitative estimate of drug-likeness (QED) is 0.450. The van der Waals surface area contributed by atoms with Crippen molar-refractivity contribution in [3.8, 4) is 0 Å². The molecule has 1 unspecified atom stereocenters. The van der Waals surface area contributed by atoms with Crippen LogP contribution in [0.3, 0.4) is 0 Å². The number of carboxylic acid groups (broad SMARTS) is 1. The number of hydrogen-bond acceptors (Lipinski definition) is 4. The number of ether oxygens (including phenoxy) is 1. The molecule has 2 amide bonds. The number of carbonyl (C=O) groups is 2. The van der Waals surface area contributed by atoms with Crippen LogP contribution in [0.2, 0.25) is 0 Å². The maximum Gasteiger partial charge on any atom is 0.414 e. The van der Waals surface area contributed by atoms with Gasteiger partial charge in [0.05, 0.1) is 19.9 Å². The van der Waals surface area contributed by atoms with Gasteiger partial charge in [0.2, 0.25) is 0 Å². The minimum atomic E-state index is -1.20. The Hall–Kier alpha value is -1.14. The molecule has 2 saturated heterocycles. The summed E-state index contributed by atoms with van der Waals surface area (Å²) in [5.74, 6) is -0.410. The molecule has 66 valence electrons. The van der Waals surface area contributed by atoms with Crippen molar-refractivity contribution < 1.29 is 19.4 Å². The van der Waals surface area contributed by atoms with E-state index in [1.165, 1.54) is 0 Å². The maximum absolute atomic E-state index is 11.2. The Morgan fingerprint density at radius 3 is 2.92 bits per heavy atom. The van der Waals surface area contributed by atoms with Gasteiger partial charge in [-0.25, -0.2) is 9.69 Å². The highest BCUT2D eigenvalue weighted by Crippen LogP contribution is 2.26. The van der Waals surface area contributed by atoms with Crippen molar-refractivity contribution in [1.29, 1.82) is 0 Å². The largest absolute Gasteiger partial charge is 0.465 e. The Kier molecular flexibility index (Phi) is 1.36. The lowest BCUT2D eigenvalue weighted by atomic mass is 9.91. The van der Waals surface area contributed by atoms with E-state index in [0.29, 0.717) is 6.73 Å². The fourth-order valence-electron chi connectivity index (χ4n) is 1.44. The van der Waals surface area contributed by atoms with Crippen molar-refractivity contribution in [3.05, 3.63) is 0 Å². The number of nitrogens with one attached hydrogen (secondary N) is 1. The molecule has 0 aliphatic carbocycles. The molecule has 6 nitrogen and oxygen atoms in total. The van der Waals surface area contributed by atoms with Crippen LogP contribution in [-0.2, 0) is 9.53 Å². The Balaban J connectivity index is 2.08. The number of β-lactam (4-membered cyclic amide) rings is 1. The van der Waals surface area contributed by atoms with Crippen LogP contribution in [-0.4, -0.2) is 47.4 Å². The van der Waals surface area contributed by atoms with Gasteiger partial charge in [0.25, 0.3) is 5.91 Å². The lowest BCUT2D eigenvalue weighted by Gasteiger charge is -2.42. The smallest absolute Gasteiger partial charge is 0.414 e. The van der Waals surface area contributed by atoms with Crippen molar-refractivity contribution in [2.24, 2.45) is 0 Å². The summed E-state index contributed by atoms with van der Waals surface area (Å²) in [6, 6.07) is 0. The maximum atomic E-state index is 11.2. The summed E-state index contributed by atoms with van der Waals surface area (Å²) in [5, 5.41) is 11.3. The SMILES string of the molecule is O=C(O)N1CC2(COCN2)C1=O. The second kappa shape index (κ2) is 2.18. The third-order valence-electron chi connectivity index (χ3n) is 2.17. The van der Waals surface area contributed by atoms with Gasteiger partial charge in [-0.15, -0.1) is 0 Å². The van der Waals surface area contributed by atoms with Gasteiger partial charge in [-0.2, -0.15) is 0 Å². The second-order valence-corrected chi connectivity index (χ2v) is 2.93. The molecule has 0 bridgehead atoms. The minimum absolute atomic E-state index is 0.196. The fourth-order valence-corrected chi connectivity index (χ4v) is 1.44. The lowest BCUT2D eigenvalue weighted by Crippen LogP contribution is -2.73. The first kappa shape index (κ1) is 7.51. The van der Waals surface area contributed by atoms with E-state index in [2.05, 4.69) is 5.32 Å². The number of imide groups is 1. The third-order valence-corrected chi connectivity index (χ3v) is 2.17. The first-order chi connectivity index (χ1) is 5.66. The molecule has 2 N–H and O–H groups in total. The topological polar surface area (TPSA) is 78.9 Å². The van der Waals surface area contributed by atoms with E-state index in [1.807, 2.05) is 0 Å². The molecule has 2 aliphatic heterocycles. The van der Waals surface area contributed by atoms with Crippen LogP contribution >= 0.6 is 0 Å². The van der Waals surface area contributed by atoms with Gasteiger partial charge < -0.3 is 9.84 Å². The average Bonchev–Trinajstić information content (AvgIpc) is 2.49. The van der Waals surface area contributed by atoms with E-state index in [9.17, 15) is 9.59 Å². The van der Waals surface area contributed by atoms with E-state index in [1.54, 1.807) is 0 Å². The van der Waals surface area contributed by atoms with Crippen LogP contribution in [0.1, 0.15) is 0 Å². The van der Waals surface area contributed by atoms with Crippen molar-refractivity contribution in [2.45, 2.75) is 5.54 Å². The summed E-state index contributed by atoms with van der Waals surface area (Å²) < 4.78 is 4.95. The molecular formula is C6H8N2O4. The molecule has 0 aromatic rings. The summed E-state index contributed by atoms with van der Waals surface area (Å²) in [6.45, 7) is 0.788. The zero-order chi connectivity index (χ0) is 8.77. The van der Waals surface area contributed by atoms with Crippen LogP contribution < -0.4 is 5.32 Å². The first-order valence-electron chi connectivity index (χ1n) is 3.53. The monoisotopic (exact) mass is 172 g/mol. The normalized spacial score (nSPS) is 34.0. The van der Waals surface area contributed by atoms with Gasteiger partial charge in [0, 0.05) is 0 Å². The Morgan fingerprint density at radius 2 is 2.50 bits per heavy atom. The summed E-state index contributed by atoms with van der Waals surface area (Å²) in [6.07, 6.45) is -1.20. The number of nitrogens with zero attached hydrogens (tertiary/aromatic N) is 1. The third kappa shape index (κ3) is 0.759. The van der Waals surface area contributed by atoms with Crippen LogP contribution in [0.25, 0.3) is 0 Å². The number of carbonyl (C=O) groups excluding carboxylic acids is 1. The number of likely N-dealkylation sites (tertiary alicyclic amines) is 1. The van der Waals surface area contributed by atoms with Crippen molar-refractivity contribution in [3.63, 3.8) is 0 Å². The predicted molar refractivity (Wildman–Crippen MR) is 36.4 cm³/mol. The predicted octanol–water partition coefficient (Wildman–Crippen LogP) is -1.18. The highest BCUT2D eigenvalue weighted by atomic mass is 16.5. The first-order valence-corrected chi connectivity index (χ1v) is 3.53. The molecule has 0 aromatic heterocycles. The molecule has 6 heteroatoms. The van der Waals surface area contributed by atoms with Gasteiger partial charge in [-0.1, -0.05) is 0 Å². The van der Waals surface area contributed by atoms with Gasteiger partial charge in [-0.05, 0) is 0 Å². The van der Waals surface area contributed by atoms with Gasteiger partial charge >= 0.3 is 6.09 Å². The van der Waals surface area contributed by atoms with Crippen LogP contribution in [0.4, 0.5) is 4.79 Å². The highest BCUT2D eigenvalue weighted by molar-refractivity contribution is 6.03. The van der Waals surface area contributed by atoms with Crippen LogP contribution in [0.15, 0.2) is 0 Å². The number of amides is 2. The molecule has 2 fully saturated rings. The molecular weight excluding hydrogens is 164 g/mol. The number of rotatable bonds is 0. The zero-order valence-electron chi connectivity index (χ0n) is 6.24. The fraction of sp³-hybridized carbons (Fsp3) is 0.667. The molecule has 0 radical (unpaired) electrons. The van der Waals surface area contributed by atoms with Gasteiger partial charge in [0.1, 0.15) is 5.54 Å². The minimum Gasteiger partial charge on any atom is -0.465 e. The summed E-state index contributed by atoms with van der Waals surface area (Å²) in [5.41, 5.74) is -0.738. The van der Waals surface area contributed by atoms with Crippen molar-refractivity contribution in [1.82, 2.24) is 10.2 Å². The van der Waals surface area contributed by atoms with Crippen LogP contribution in [0.5, 0.6) is 0 Å². The molecule has 1 atom stereocenters. The molecule has 0 saturated carbocycles. The van der Waals surface area contributed by atoms with Gasteiger partial charge in [-0.3, -0.25) is 10.1 Å². The molecule has 2 rings (SSSR count). The zero-order valence-corrected chi connectivity index (χ0v) is 6.24. The average molecular weight is 172 g/mol. The Bertz CT molecular complexity index is 246. The highest BCUT2D eigenvalue weighted by Gasteiger charge is 2.57. The molecule has 2 aliphatic rings. The van der Waals surface area contributed by atoms with E-state index < -0.39 is 17.5 Å². The molecule has 0 aromatic carbocycles. The van der Waals surface area contributed by atoms with Crippen molar-refractivity contribution >= 4 is 12.0 Å². The van der Waals surface area contributed by atoms with E-state index in [0.717, 1.165) is 4.90 Å². The van der Waals surface area contributed by atoms with E-state index >= 15 is 0 Å². The van der Waals surface area contributed by atoms with Gasteiger partial charge in [0.15, 0.2) is 0 Å². The van der Waals surface area contributed by atoms with Crippen LogP contribution in [0, 0.1) is 0 Å². The Morgan fingerprint density at radius 1 is 1.75 bits per heavy atom. The summed E-state index contributed by atoms with van der Waals surface area (Å²) in [4.78, 5) is 22.4. The standard InChI is InChI=1S/C6H8N2O4/c9-4-6(2-12-3-7-6)1-8(4)5(10)11/h7H,1-3H2,(H,10,11). The Labute approximate surface area is 68.1 Å². The number of hydrogen-bond donors (Lipinski definition) is 2. The summed E-state index contributed by atoms with van der Waals surface area (Å²) in [7, 11) is 0. The van der Waals surface area contributed by atoms with E-state index in [-0.39, 0.29) is 13.2 Å². The molecule has 1 spiro atoms. The molecule has 2 heterocycles. The lowest BCUT2D eigenvalue weighted by molar-refractivity contribution is -0.148. The second-order valence-electron chi connectivity index (χ2n) is 2.93.